The number of hydrogen-bond donors (Lipinski definition) is 0. The van der Waals surface area contributed by atoms with Gasteiger partial charge in [-0.2, -0.15) is 0 Å². The molecule has 1 fully saturated rings. The summed E-state index contributed by atoms with van der Waals surface area (Å²) in [5.41, 5.74) is 1.02. The van der Waals surface area contributed by atoms with Crippen LogP contribution in [0.5, 0.6) is 11.5 Å². The van der Waals surface area contributed by atoms with E-state index in [2.05, 4.69) is 0 Å². The third-order valence-electron chi connectivity index (χ3n) is 7.74. The fraction of sp³-hybridized carbons (Fsp3) is 0.310. The van der Waals surface area contributed by atoms with Gasteiger partial charge in [-0.25, -0.2) is 13.2 Å². The molecule has 1 saturated heterocycles. The van der Waals surface area contributed by atoms with Crippen molar-refractivity contribution in [2.24, 2.45) is 0 Å². The standard InChI is InChI=1S/C29H27F3N2O4/c1-17-20(7-8-23(31)26(17)32)28(36)34-16-29(22-14-18(30)4-9-24(22)34)10-12-33(13-11-29)27(35)21-6-5-19(37-2)15-25(21)38-3/h4-9,14-15H,10-13,16H2,1-3H3. The van der Waals surface area contributed by atoms with E-state index in [1.807, 2.05) is 0 Å². The highest BCUT2D eigenvalue weighted by atomic mass is 19.2. The van der Waals surface area contributed by atoms with Crippen LogP contribution in [0.15, 0.2) is 48.5 Å². The van der Waals surface area contributed by atoms with Crippen LogP contribution < -0.4 is 14.4 Å². The lowest BCUT2D eigenvalue weighted by molar-refractivity contribution is 0.0667. The zero-order valence-electron chi connectivity index (χ0n) is 21.3. The van der Waals surface area contributed by atoms with Gasteiger partial charge in [0.1, 0.15) is 17.3 Å². The zero-order chi connectivity index (χ0) is 27.2. The SMILES string of the molecule is COc1ccc(C(=O)N2CCC3(CC2)CN(C(=O)c2ccc(F)c(F)c2C)c2ccc(F)cc23)c(OC)c1. The Labute approximate surface area is 218 Å². The molecule has 5 rings (SSSR count). The summed E-state index contributed by atoms with van der Waals surface area (Å²) in [5.74, 6) is -2.21. The molecule has 3 aromatic carbocycles. The molecule has 0 saturated carbocycles. The molecule has 9 heteroatoms. The summed E-state index contributed by atoms with van der Waals surface area (Å²) in [6, 6.07) is 11.5. The van der Waals surface area contributed by atoms with E-state index in [0.717, 1.165) is 6.07 Å². The van der Waals surface area contributed by atoms with Crippen LogP contribution in [0.1, 0.15) is 44.7 Å². The molecule has 0 radical (unpaired) electrons. The molecule has 2 amide bonds. The Hall–Kier alpha value is -4.01. The number of piperidine rings is 1. The second-order valence-electron chi connectivity index (χ2n) is 9.73. The van der Waals surface area contributed by atoms with Gasteiger partial charge >= 0.3 is 0 Å². The molecule has 2 aliphatic heterocycles. The quantitative estimate of drug-likeness (QED) is 0.467. The van der Waals surface area contributed by atoms with Crippen molar-refractivity contribution in [3.63, 3.8) is 0 Å². The first kappa shape index (κ1) is 25.6. The Morgan fingerprint density at radius 2 is 1.58 bits per heavy atom. The second-order valence-corrected chi connectivity index (χ2v) is 9.73. The minimum absolute atomic E-state index is 0.0513. The van der Waals surface area contributed by atoms with E-state index in [-0.39, 0.29) is 23.6 Å². The fourth-order valence-electron chi connectivity index (χ4n) is 5.56. The summed E-state index contributed by atoms with van der Waals surface area (Å²) in [6.07, 6.45) is 0.989. The summed E-state index contributed by atoms with van der Waals surface area (Å²) in [5, 5.41) is 0. The minimum Gasteiger partial charge on any atom is -0.497 e. The number of rotatable bonds is 4. The number of carbonyl (C=O) groups excluding carboxylic acids is 2. The van der Waals surface area contributed by atoms with Gasteiger partial charge in [-0.05, 0) is 67.8 Å². The van der Waals surface area contributed by atoms with Gasteiger partial charge in [0, 0.05) is 47.9 Å². The van der Waals surface area contributed by atoms with Crippen LogP contribution >= 0.6 is 0 Å². The van der Waals surface area contributed by atoms with Crippen LogP contribution in [0, 0.1) is 24.4 Å². The summed E-state index contributed by atoms with van der Waals surface area (Å²) < 4.78 is 52.9. The topological polar surface area (TPSA) is 59.1 Å². The molecule has 0 unspecified atom stereocenters. The monoisotopic (exact) mass is 524 g/mol. The van der Waals surface area contributed by atoms with Gasteiger partial charge in [-0.15, -0.1) is 0 Å². The summed E-state index contributed by atoms with van der Waals surface area (Å²) in [7, 11) is 3.02. The Balaban J connectivity index is 1.42. The van der Waals surface area contributed by atoms with Gasteiger partial charge in [0.15, 0.2) is 11.6 Å². The highest BCUT2D eigenvalue weighted by molar-refractivity contribution is 6.08. The summed E-state index contributed by atoms with van der Waals surface area (Å²) in [6.45, 7) is 2.38. The van der Waals surface area contributed by atoms with Gasteiger partial charge in [-0.3, -0.25) is 9.59 Å². The zero-order valence-corrected chi connectivity index (χ0v) is 21.3. The van der Waals surface area contributed by atoms with E-state index in [1.54, 1.807) is 29.2 Å². The lowest BCUT2D eigenvalue weighted by Crippen LogP contribution is -2.48. The minimum atomic E-state index is -1.06. The first-order valence-corrected chi connectivity index (χ1v) is 12.3. The van der Waals surface area contributed by atoms with Gasteiger partial charge in [0.2, 0.25) is 0 Å². The van der Waals surface area contributed by atoms with Crippen molar-refractivity contribution in [3.05, 3.63) is 88.2 Å². The molecule has 0 aliphatic carbocycles. The largest absolute Gasteiger partial charge is 0.497 e. The lowest BCUT2D eigenvalue weighted by Gasteiger charge is -2.40. The molecule has 0 atom stereocenters. The van der Waals surface area contributed by atoms with Crippen LogP contribution in [-0.4, -0.2) is 50.6 Å². The highest BCUT2D eigenvalue weighted by Gasteiger charge is 2.47. The maximum atomic E-state index is 14.4. The van der Waals surface area contributed by atoms with Gasteiger partial charge in [0.05, 0.1) is 19.8 Å². The molecule has 3 aromatic rings. The number of halogens is 3. The molecule has 6 nitrogen and oxygen atoms in total. The number of likely N-dealkylation sites (tertiary alicyclic amines) is 1. The smallest absolute Gasteiger partial charge is 0.258 e. The predicted molar refractivity (Wildman–Crippen MR) is 136 cm³/mol. The number of ether oxygens (including phenoxy) is 2. The van der Waals surface area contributed by atoms with Crippen LogP contribution in [0.3, 0.4) is 0 Å². The third-order valence-corrected chi connectivity index (χ3v) is 7.74. The van der Waals surface area contributed by atoms with Crippen LogP contribution in [0.2, 0.25) is 0 Å². The normalized spacial score (nSPS) is 15.9. The highest BCUT2D eigenvalue weighted by Crippen LogP contribution is 2.48. The van der Waals surface area contributed by atoms with E-state index in [4.69, 9.17) is 9.47 Å². The van der Waals surface area contributed by atoms with Crippen molar-refractivity contribution in [1.82, 2.24) is 4.90 Å². The fourth-order valence-corrected chi connectivity index (χ4v) is 5.56. The van der Waals surface area contributed by atoms with Crippen molar-refractivity contribution in [2.75, 3.05) is 38.8 Å². The van der Waals surface area contributed by atoms with Crippen molar-refractivity contribution >= 4 is 17.5 Å². The number of amides is 2. The van der Waals surface area contributed by atoms with Crippen molar-refractivity contribution < 1.29 is 32.2 Å². The van der Waals surface area contributed by atoms with Crippen molar-refractivity contribution in [1.29, 1.82) is 0 Å². The molecular formula is C29H27F3N2O4. The molecule has 38 heavy (non-hydrogen) atoms. The average molecular weight is 525 g/mol. The van der Waals surface area contributed by atoms with Crippen LogP contribution in [0.25, 0.3) is 0 Å². The van der Waals surface area contributed by atoms with Gasteiger partial charge in [-0.1, -0.05) is 0 Å². The first-order chi connectivity index (χ1) is 18.2. The van der Waals surface area contributed by atoms with E-state index < -0.39 is 28.8 Å². The van der Waals surface area contributed by atoms with E-state index in [0.29, 0.717) is 54.2 Å². The van der Waals surface area contributed by atoms with E-state index in [9.17, 15) is 22.8 Å². The average Bonchev–Trinajstić information content (AvgIpc) is 3.23. The Morgan fingerprint density at radius 1 is 0.868 bits per heavy atom. The lowest BCUT2D eigenvalue weighted by atomic mass is 9.74. The number of fused-ring (bicyclic) bond motifs is 2. The number of methoxy groups -OCH3 is 2. The van der Waals surface area contributed by atoms with Crippen molar-refractivity contribution in [2.45, 2.75) is 25.2 Å². The molecule has 198 valence electrons. The first-order valence-electron chi connectivity index (χ1n) is 12.3. The number of hydrogen-bond acceptors (Lipinski definition) is 4. The predicted octanol–water partition coefficient (Wildman–Crippen LogP) is 5.26. The molecular weight excluding hydrogens is 497 g/mol. The van der Waals surface area contributed by atoms with Crippen LogP contribution in [-0.2, 0) is 5.41 Å². The Kier molecular flexibility index (Phi) is 6.54. The molecule has 0 aromatic heterocycles. The van der Waals surface area contributed by atoms with E-state index >= 15 is 0 Å². The third kappa shape index (κ3) is 4.15. The second kappa shape index (κ2) is 9.70. The molecule has 2 aliphatic rings. The molecule has 1 spiro atoms. The molecule has 2 heterocycles. The molecule has 0 bridgehead atoms. The van der Waals surface area contributed by atoms with Crippen LogP contribution in [0.4, 0.5) is 18.9 Å². The summed E-state index contributed by atoms with van der Waals surface area (Å²) in [4.78, 5) is 30.1. The number of carbonyl (C=O) groups is 2. The number of benzene rings is 3. The van der Waals surface area contributed by atoms with Gasteiger partial charge < -0.3 is 19.3 Å². The van der Waals surface area contributed by atoms with Crippen molar-refractivity contribution in [3.8, 4) is 11.5 Å². The summed E-state index contributed by atoms with van der Waals surface area (Å²) >= 11 is 0. The van der Waals surface area contributed by atoms with Gasteiger partial charge in [0.25, 0.3) is 11.8 Å². The maximum Gasteiger partial charge on any atom is 0.258 e. The number of anilines is 1. The van der Waals surface area contributed by atoms with E-state index in [1.165, 1.54) is 44.2 Å². The Bertz CT molecular complexity index is 1430. The molecule has 0 N–H and O–H groups in total. The number of nitrogens with zero attached hydrogens (tertiary/aromatic N) is 2. The Morgan fingerprint density at radius 3 is 2.26 bits per heavy atom. The maximum absolute atomic E-state index is 14.4.